The van der Waals surface area contributed by atoms with Crippen molar-refractivity contribution in [3.8, 4) is 11.4 Å². The number of rotatable bonds is 6. The van der Waals surface area contributed by atoms with Crippen molar-refractivity contribution in [2.75, 3.05) is 13.2 Å². The van der Waals surface area contributed by atoms with Crippen LogP contribution in [0.3, 0.4) is 0 Å². The predicted octanol–water partition coefficient (Wildman–Crippen LogP) is 6.11. The molecule has 0 fully saturated rings. The van der Waals surface area contributed by atoms with Crippen LogP contribution >= 0.6 is 23.2 Å². The molecule has 2 aromatic carbocycles. The van der Waals surface area contributed by atoms with Gasteiger partial charge in [0.25, 0.3) is 0 Å². The van der Waals surface area contributed by atoms with Gasteiger partial charge < -0.3 is 14.2 Å². The van der Waals surface area contributed by atoms with Crippen LogP contribution in [0.5, 0.6) is 5.75 Å². The average Bonchev–Trinajstić information content (AvgIpc) is 3.20. The molecule has 0 saturated carbocycles. The molecule has 2 atom stereocenters. The van der Waals surface area contributed by atoms with E-state index in [0.717, 1.165) is 4.57 Å². The topological polar surface area (TPSA) is 75.5 Å². The molecular weight excluding hydrogens is 510 g/mol. The summed E-state index contributed by atoms with van der Waals surface area (Å²) >= 11 is 12.9. The number of ether oxygens (including phenoxy) is 3. The summed E-state index contributed by atoms with van der Waals surface area (Å²) in [7, 11) is 0. The summed E-state index contributed by atoms with van der Waals surface area (Å²) < 4.78 is 59.5. The molecular formula is C23H20Cl2F3N3O4. The van der Waals surface area contributed by atoms with Crippen molar-refractivity contribution in [1.82, 2.24) is 14.8 Å². The van der Waals surface area contributed by atoms with Gasteiger partial charge in [0, 0.05) is 16.1 Å². The zero-order chi connectivity index (χ0) is 25.3. The Morgan fingerprint density at radius 2 is 1.89 bits per heavy atom. The summed E-state index contributed by atoms with van der Waals surface area (Å²) in [5.41, 5.74) is 0.796. The number of aromatic nitrogens is 3. The molecule has 35 heavy (non-hydrogen) atoms. The fraction of sp³-hybridized carbons (Fsp3) is 0.348. The lowest BCUT2D eigenvalue weighted by atomic mass is 9.99. The summed E-state index contributed by atoms with van der Waals surface area (Å²) in [6.07, 6.45) is -7.48. The highest BCUT2D eigenvalue weighted by molar-refractivity contribution is 6.33. The van der Waals surface area contributed by atoms with E-state index in [1.165, 1.54) is 18.2 Å². The minimum Gasteiger partial charge on any atom is -0.492 e. The van der Waals surface area contributed by atoms with Gasteiger partial charge in [-0.15, -0.1) is 10.2 Å². The first kappa shape index (κ1) is 25.3. The number of benzene rings is 2. The Balaban J connectivity index is 1.97. The minimum atomic E-state index is -4.83. The van der Waals surface area contributed by atoms with Crippen LogP contribution in [0.1, 0.15) is 55.3 Å². The van der Waals surface area contributed by atoms with Gasteiger partial charge in [0.05, 0.1) is 30.3 Å². The fourth-order valence-corrected chi connectivity index (χ4v) is 4.37. The summed E-state index contributed by atoms with van der Waals surface area (Å²) in [4.78, 5) is 12.4. The first-order valence-electron chi connectivity index (χ1n) is 10.7. The number of carbonyl (C=O) groups is 1. The molecule has 0 spiro atoms. The van der Waals surface area contributed by atoms with Crippen LogP contribution in [-0.4, -0.2) is 33.9 Å². The maximum atomic E-state index is 13.9. The third-order valence-corrected chi connectivity index (χ3v) is 5.92. The normalized spacial score (nSPS) is 17.3. The van der Waals surface area contributed by atoms with Gasteiger partial charge in [-0.3, -0.25) is 9.36 Å². The van der Waals surface area contributed by atoms with E-state index in [-0.39, 0.29) is 33.7 Å². The first-order chi connectivity index (χ1) is 16.7. The van der Waals surface area contributed by atoms with Crippen LogP contribution in [0.25, 0.3) is 5.69 Å². The van der Waals surface area contributed by atoms with Crippen molar-refractivity contribution in [2.45, 2.75) is 38.7 Å². The Bertz CT molecular complexity index is 1250. The molecule has 1 aromatic heterocycles. The highest BCUT2D eigenvalue weighted by atomic mass is 35.5. The van der Waals surface area contributed by atoms with Gasteiger partial charge in [0.2, 0.25) is 5.82 Å². The van der Waals surface area contributed by atoms with Crippen LogP contribution in [0, 0.1) is 0 Å². The Morgan fingerprint density at radius 3 is 2.57 bits per heavy atom. The summed E-state index contributed by atoms with van der Waals surface area (Å²) in [6.45, 7) is 3.85. The minimum absolute atomic E-state index is 0.0908. The Kier molecular flexibility index (Phi) is 7.25. The molecule has 2 heterocycles. The number of halogens is 5. The fourth-order valence-electron chi connectivity index (χ4n) is 3.91. The van der Waals surface area contributed by atoms with Gasteiger partial charge in [-0.05, 0) is 38.1 Å². The van der Waals surface area contributed by atoms with E-state index in [0.29, 0.717) is 17.9 Å². The van der Waals surface area contributed by atoms with E-state index >= 15 is 0 Å². The lowest BCUT2D eigenvalue weighted by molar-refractivity contribution is -0.147. The monoisotopic (exact) mass is 529 g/mol. The third-order valence-electron chi connectivity index (χ3n) is 5.28. The first-order valence-corrected chi connectivity index (χ1v) is 11.5. The molecule has 0 bridgehead atoms. The highest BCUT2D eigenvalue weighted by Crippen LogP contribution is 2.46. The number of nitrogens with zero attached hydrogens (tertiary/aromatic N) is 3. The number of hydrogen-bond acceptors (Lipinski definition) is 6. The number of esters is 1. The van der Waals surface area contributed by atoms with Crippen molar-refractivity contribution < 1.29 is 32.2 Å². The second-order valence-corrected chi connectivity index (χ2v) is 8.34. The average molecular weight is 530 g/mol. The molecule has 186 valence electrons. The van der Waals surface area contributed by atoms with E-state index in [1.54, 1.807) is 32.0 Å². The van der Waals surface area contributed by atoms with Crippen molar-refractivity contribution in [3.63, 3.8) is 0 Å². The van der Waals surface area contributed by atoms with E-state index < -0.39 is 36.6 Å². The van der Waals surface area contributed by atoms with Gasteiger partial charge in [-0.2, -0.15) is 13.2 Å². The largest absolute Gasteiger partial charge is 0.492 e. The smallest absolute Gasteiger partial charge is 0.452 e. The summed E-state index contributed by atoms with van der Waals surface area (Å²) in [5.74, 6) is -1.75. The lowest BCUT2D eigenvalue weighted by Crippen LogP contribution is -2.18. The van der Waals surface area contributed by atoms with Crippen LogP contribution < -0.4 is 4.74 Å². The van der Waals surface area contributed by atoms with Gasteiger partial charge in [0.15, 0.2) is 5.82 Å². The molecule has 12 heteroatoms. The van der Waals surface area contributed by atoms with Crippen LogP contribution in [0.4, 0.5) is 13.2 Å². The molecule has 1 aliphatic rings. The Hall–Kier alpha value is -2.82. The SMILES string of the molecule is CCOC(=O)C[C@H]1O[C@H](c2cccc(OCC)c2Cl)c2cc(Cl)ccc2-n2c1nnc2C(F)(F)F. The quantitative estimate of drug-likeness (QED) is 0.359. The molecule has 0 radical (unpaired) electrons. The van der Waals surface area contributed by atoms with Crippen LogP contribution in [0.2, 0.25) is 10.0 Å². The van der Waals surface area contributed by atoms with E-state index in [1.807, 2.05) is 0 Å². The Labute approximate surface area is 208 Å². The molecule has 0 aliphatic carbocycles. The summed E-state index contributed by atoms with van der Waals surface area (Å²) in [5, 5.41) is 7.61. The molecule has 0 N–H and O–H groups in total. The van der Waals surface area contributed by atoms with Gasteiger partial charge in [-0.1, -0.05) is 35.3 Å². The number of fused-ring (bicyclic) bond motifs is 3. The standard InChI is InChI=1S/C23H20Cl2F3N3O4/c1-3-33-16-7-5-6-13(19(16)25)20-14-10-12(24)8-9-15(14)31-21(29-30-22(31)23(26,27)28)17(35-20)11-18(32)34-4-2/h5-10,17,20H,3-4,11H2,1-2H3/t17-,20-/m1/s1. The van der Waals surface area contributed by atoms with Crippen molar-refractivity contribution >= 4 is 29.2 Å². The second kappa shape index (κ2) is 10.0. The molecule has 3 aromatic rings. The molecule has 0 unspecified atom stereocenters. The molecule has 0 saturated heterocycles. The molecule has 4 rings (SSSR count). The van der Waals surface area contributed by atoms with Crippen LogP contribution in [-0.2, 0) is 20.4 Å². The van der Waals surface area contributed by atoms with E-state index in [4.69, 9.17) is 37.4 Å². The van der Waals surface area contributed by atoms with Crippen LogP contribution in [0.15, 0.2) is 36.4 Å². The lowest BCUT2D eigenvalue weighted by Gasteiger charge is -2.24. The maximum Gasteiger partial charge on any atom is 0.452 e. The van der Waals surface area contributed by atoms with E-state index in [2.05, 4.69) is 10.2 Å². The number of hydrogen-bond donors (Lipinski definition) is 0. The maximum absolute atomic E-state index is 13.9. The van der Waals surface area contributed by atoms with Crippen molar-refractivity contribution in [3.05, 3.63) is 69.2 Å². The number of carbonyl (C=O) groups excluding carboxylic acids is 1. The predicted molar refractivity (Wildman–Crippen MR) is 121 cm³/mol. The van der Waals surface area contributed by atoms with Crippen molar-refractivity contribution in [2.24, 2.45) is 0 Å². The molecule has 1 aliphatic heterocycles. The molecule has 0 amide bonds. The second-order valence-electron chi connectivity index (χ2n) is 7.52. The Morgan fingerprint density at radius 1 is 1.11 bits per heavy atom. The number of alkyl halides is 3. The van der Waals surface area contributed by atoms with Crippen molar-refractivity contribution in [1.29, 1.82) is 0 Å². The van der Waals surface area contributed by atoms with E-state index in [9.17, 15) is 18.0 Å². The summed E-state index contributed by atoms with van der Waals surface area (Å²) in [6, 6.07) is 9.37. The molecule has 7 nitrogen and oxygen atoms in total. The van der Waals surface area contributed by atoms with Gasteiger partial charge >= 0.3 is 12.1 Å². The van der Waals surface area contributed by atoms with Gasteiger partial charge in [0.1, 0.15) is 18.0 Å². The zero-order valence-electron chi connectivity index (χ0n) is 18.6. The highest BCUT2D eigenvalue weighted by Gasteiger charge is 2.43. The van der Waals surface area contributed by atoms with Gasteiger partial charge in [-0.25, -0.2) is 0 Å². The zero-order valence-corrected chi connectivity index (χ0v) is 20.1. The third kappa shape index (κ3) is 4.96.